The molecule has 0 aliphatic rings. The number of rotatable bonds is 5. The van der Waals surface area contributed by atoms with Gasteiger partial charge in [-0.3, -0.25) is 0 Å². The van der Waals surface area contributed by atoms with Crippen LogP contribution in [0.3, 0.4) is 0 Å². The van der Waals surface area contributed by atoms with Crippen molar-refractivity contribution in [2.75, 3.05) is 24.7 Å². The molecule has 0 saturated carbocycles. The van der Waals surface area contributed by atoms with E-state index in [-0.39, 0.29) is 12.4 Å². The van der Waals surface area contributed by atoms with Gasteiger partial charge in [0.25, 0.3) is 0 Å². The molecular weight excluding hydrogens is 247 g/mol. The van der Waals surface area contributed by atoms with Gasteiger partial charge in [-0.1, -0.05) is 0 Å². The summed E-state index contributed by atoms with van der Waals surface area (Å²) in [6.07, 6.45) is 0. The van der Waals surface area contributed by atoms with Gasteiger partial charge in [0.1, 0.15) is 19.0 Å². The third-order valence-electron chi connectivity index (χ3n) is 2.45. The van der Waals surface area contributed by atoms with Gasteiger partial charge in [-0.15, -0.1) is 0 Å². The highest BCUT2D eigenvalue weighted by molar-refractivity contribution is 5.43. The predicted molar refractivity (Wildman–Crippen MR) is 72.7 cm³/mol. The molecule has 0 spiro atoms. The van der Waals surface area contributed by atoms with E-state index >= 15 is 0 Å². The zero-order valence-corrected chi connectivity index (χ0v) is 10.3. The van der Waals surface area contributed by atoms with E-state index in [9.17, 15) is 4.39 Å². The lowest BCUT2D eigenvalue weighted by molar-refractivity contribution is 0.211. The highest BCUT2D eigenvalue weighted by atomic mass is 19.1. The van der Waals surface area contributed by atoms with Gasteiger partial charge in [0, 0.05) is 17.4 Å². The Balaban J connectivity index is 1.79. The van der Waals surface area contributed by atoms with Crippen molar-refractivity contribution in [3.8, 4) is 11.5 Å². The van der Waals surface area contributed by atoms with Crippen molar-refractivity contribution in [1.29, 1.82) is 0 Å². The fraction of sp³-hybridized carbons (Fsp3) is 0.143. The number of nitrogens with two attached hydrogens (primary N) is 2. The smallest absolute Gasteiger partial charge is 0.167 e. The average Bonchev–Trinajstić information content (AvgIpc) is 2.39. The molecule has 19 heavy (non-hydrogen) atoms. The standard InChI is InChI=1S/C14H15FN2O2/c15-13-9-11(17)3-6-14(13)19-8-7-18-12-4-1-10(16)2-5-12/h1-6,9H,7-8,16-17H2. The number of benzene rings is 2. The van der Waals surface area contributed by atoms with E-state index in [0.717, 1.165) is 0 Å². The zero-order valence-electron chi connectivity index (χ0n) is 10.3. The minimum atomic E-state index is -0.479. The van der Waals surface area contributed by atoms with Gasteiger partial charge in [-0.2, -0.15) is 0 Å². The van der Waals surface area contributed by atoms with Crippen LogP contribution in [0, 0.1) is 5.82 Å². The molecule has 4 nitrogen and oxygen atoms in total. The first-order chi connectivity index (χ1) is 9.15. The van der Waals surface area contributed by atoms with E-state index in [2.05, 4.69) is 0 Å². The number of hydrogen-bond donors (Lipinski definition) is 2. The summed E-state index contributed by atoms with van der Waals surface area (Å²) in [4.78, 5) is 0. The van der Waals surface area contributed by atoms with Crippen LogP contribution >= 0.6 is 0 Å². The molecule has 0 heterocycles. The lowest BCUT2D eigenvalue weighted by Gasteiger charge is -2.09. The van der Waals surface area contributed by atoms with Crippen molar-refractivity contribution < 1.29 is 13.9 Å². The van der Waals surface area contributed by atoms with Gasteiger partial charge in [0.05, 0.1) is 0 Å². The molecule has 0 saturated heterocycles. The molecule has 4 N–H and O–H groups in total. The normalized spacial score (nSPS) is 10.2. The lowest BCUT2D eigenvalue weighted by Crippen LogP contribution is -2.09. The molecule has 0 aromatic heterocycles. The summed E-state index contributed by atoms with van der Waals surface area (Å²) in [6.45, 7) is 0.555. The number of hydrogen-bond acceptors (Lipinski definition) is 4. The summed E-state index contributed by atoms with van der Waals surface area (Å²) < 4.78 is 24.1. The number of halogens is 1. The van der Waals surface area contributed by atoms with Crippen molar-refractivity contribution in [1.82, 2.24) is 0 Å². The topological polar surface area (TPSA) is 70.5 Å². The van der Waals surface area contributed by atoms with Gasteiger partial charge < -0.3 is 20.9 Å². The van der Waals surface area contributed by atoms with Gasteiger partial charge >= 0.3 is 0 Å². The van der Waals surface area contributed by atoms with Crippen LogP contribution in [-0.2, 0) is 0 Å². The maximum Gasteiger partial charge on any atom is 0.167 e. The molecule has 0 unspecified atom stereocenters. The van der Waals surface area contributed by atoms with E-state index < -0.39 is 5.82 Å². The molecule has 0 radical (unpaired) electrons. The summed E-state index contributed by atoms with van der Waals surface area (Å²) in [7, 11) is 0. The fourth-order valence-electron chi connectivity index (χ4n) is 1.51. The van der Waals surface area contributed by atoms with Gasteiger partial charge in [0.15, 0.2) is 11.6 Å². The maximum atomic E-state index is 13.4. The quantitative estimate of drug-likeness (QED) is 0.641. The van der Waals surface area contributed by atoms with Gasteiger partial charge in [0.2, 0.25) is 0 Å². The van der Waals surface area contributed by atoms with Crippen molar-refractivity contribution >= 4 is 11.4 Å². The van der Waals surface area contributed by atoms with Gasteiger partial charge in [-0.05, 0) is 36.4 Å². The first-order valence-electron chi connectivity index (χ1n) is 5.81. The highest BCUT2D eigenvalue weighted by Crippen LogP contribution is 2.19. The monoisotopic (exact) mass is 262 g/mol. The van der Waals surface area contributed by atoms with Crippen LogP contribution in [0.5, 0.6) is 11.5 Å². The summed E-state index contributed by atoms with van der Waals surface area (Å²) in [5.74, 6) is 0.373. The second-order valence-corrected chi connectivity index (χ2v) is 3.96. The van der Waals surface area contributed by atoms with Crippen molar-refractivity contribution in [2.24, 2.45) is 0 Å². The summed E-state index contributed by atoms with van der Waals surface area (Å²) in [6, 6.07) is 11.3. The number of anilines is 2. The molecule has 2 aromatic carbocycles. The van der Waals surface area contributed by atoms with Crippen LogP contribution in [0.4, 0.5) is 15.8 Å². The van der Waals surface area contributed by atoms with Crippen LogP contribution in [0.15, 0.2) is 42.5 Å². The van der Waals surface area contributed by atoms with Crippen LogP contribution in [0.2, 0.25) is 0 Å². The van der Waals surface area contributed by atoms with E-state index in [4.69, 9.17) is 20.9 Å². The second kappa shape index (κ2) is 5.95. The zero-order chi connectivity index (χ0) is 13.7. The first-order valence-corrected chi connectivity index (χ1v) is 5.81. The molecule has 0 atom stereocenters. The number of ether oxygens (including phenoxy) is 2. The molecule has 2 aromatic rings. The molecule has 0 fully saturated rings. The third-order valence-corrected chi connectivity index (χ3v) is 2.45. The van der Waals surface area contributed by atoms with Crippen LogP contribution < -0.4 is 20.9 Å². The maximum absolute atomic E-state index is 13.4. The molecule has 0 amide bonds. The van der Waals surface area contributed by atoms with Crippen molar-refractivity contribution in [2.45, 2.75) is 0 Å². The molecule has 0 aliphatic carbocycles. The molecule has 100 valence electrons. The average molecular weight is 262 g/mol. The Kier molecular flexibility index (Phi) is 4.07. The fourth-order valence-corrected chi connectivity index (χ4v) is 1.51. The van der Waals surface area contributed by atoms with E-state index in [1.54, 1.807) is 30.3 Å². The molecule has 0 aliphatic heterocycles. The Bertz CT molecular complexity index is 544. The second-order valence-electron chi connectivity index (χ2n) is 3.96. The predicted octanol–water partition coefficient (Wildman–Crippen LogP) is 2.45. The molecule has 5 heteroatoms. The Labute approximate surface area is 110 Å². The van der Waals surface area contributed by atoms with Crippen LogP contribution in [0.25, 0.3) is 0 Å². The SMILES string of the molecule is Nc1ccc(OCCOc2ccc(N)cc2F)cc1. The van der Waals surface area contributed by atoms with E-state index in [0.29, 0.717) is 23.7 Å². The highest BCUT2D eigenvalue weighted by Gasteiger charge is 2.03. The minimum absolute atomic E-state index is 0.162. The van der Waals surface area contributed by atoms with E-state index in [1.165, 1.54) is 12.1 Å². The van der Waals surface area contributed by atoms with Crippen LogP contribution in [0.1, 0.15) is 0 Å². The molecule has 0 bridgehead atoms. The summed E-state index contributed by atoms with van der Waals surface area (Å²) in [5.41, 5.74) is 12.0. The summed E-state index contributed by atoms with van der Waals surface area (Å²) in [5, 5.41) is 0. The Morgan fingerprint density at radius 1 is 0.842 bits per heavy atom. The van der Waals surface area contributed by atoms with Gasteiger partial charge in [-0.25, -0.2) is 4.39 Å². The summed E-state index contributed by atoms with van der Waals surface area (Å²) >= 11 is 0. The van der Waals surface area contributed by atoms with Crippen LogP contribution in [-0.4, -0.2) is 13.2 Å². The third kappa shape index (κ3) is 3.77. The number of nitrogen functional groups attached to an aromatic ring is 2. The minimum Gasteiger partial charge on any atom is -0.490 e. The lowest BCUT2D eigenvalue weighted by atomic mass is 10.3. The molecular formula is C14H15FN2O2. The first kappa shape index (κ1) is 13.0. The Morgan fingerprint density at radius 2 is 1.47 bits per heavy atom. The van der Waals surface area contributed by atoms with Crippen molar-refractivity contribution in [3.05, 3.63) is 48.3 Å². The van der Waals surface area contributed by atoms with E-state index in [1.807, 2.05) is 0 Å². The Hall–Kier alpha value is -2.43. The Morgan fingerprint density at radius 3 is 2.16 bits per heavy atom. The molecule has 2 rings (SSSR count). The van der Waals surface area contributed by atoms with Crippen molar-refractivity contribution in [3.63, 3.8) is 0 Å². The largest absolute Gasteiger partial charge is 0.490 e.